The fourth-order valence-corrected chi connectivity index (χ4v) is 2.38. The molecule has 0 amide bonds. The van der Waals surface area contributed by atoms with Crippen molar-refractivity contribution in [2.45, 2.75) is 44.8 Å². The largest absolute Gasteiger partial charge is 0.393 e. The van der Waals surface area contributed by atoms with Gasteiger partial charge in [0.1, 0.15) is 6.07 Å². The lowest BCUT2D eigenvalue weighted by Crippen LogP contribution is -2.28. The second kappa shape index (κ2) is 5.20. The van der Waals surface area contributed by atoms with Gasteiger partial charge in [0.15, 0.2) is 0 Å². The van der Waals surface area contributed by atoms with E-state index in [0.29, 0.717) is 11.6 Å². The molecule has 0 aromatic heterocycles. The fourth-order valence-electron chi connectivity index (χ4n) is 2.38. The number of benzene rings is 1. The van der Waals surface area contributed by atoms with Gasteiger partial charge in [0.2, 0.25) is 0 Å². The highest BCUT2D eigenvalue weighted by atomic mass is 16.3. The summed E-state index contributed by atoms with van der Waals surface area (Å²) in [5.41, 5.74) is 2.77. The molecule has 0 spiro atoms. The molecule has 1 aromatic carbocycles. The zero-order chi connectivity index (χ0) is 12.3. The summed E-state index contributed by atoms with van der Waals surface area (Å²) < 4.78 is 0. The lowest BCUT2D eigenvalue weighted by Gasteiger charge is -2.28. The molecular formula is C14H18N2O. The lowest BCUT2D eigenvalue weighted by molar-refractivity contribution is 0.126. The average Bonchev–Trinajstić information content (AvgIpc) is 2.34. The molecule has 1 aromatic rings. The van der Waals surface area contributed by atoms with Crippen molar-refractivity contribution in [3.05, 3.63) is 29.3 Å². The molecule has 0 saturated heterocycles. The first-order valence-corrected chi connectivity index (χ1v) is 6.15. The summed E-state index contributed by atoms with van der Waals surface area (Å²) in [5.74, 6) is 0. The Balaban J connectivity index is 2.11. The molecule has 1 aliphatic carbocycles. The van der Waals surface area contributed by atoms with Crippen LogP contribution in [-0.4, -0.2) is 17.3 Å². The van der Waals surface area contributed by atoms with Crippen molar-refractivity contribution in [2.75, 3.05) is 5.32 Å². The van der Waals surface area contributed by atoms with Gasteiger partial charge in [-0.15, -0.1) is 0 Å². The van der Waals surface area contributed by atoms with Gasteiger partial charge in [-0.25, -0.2) is 0 Å². The van der Waals surface area contributed by atoms with Crippen molar-refractivity contribution < 1.29 is 5.11 Å². The van der Waals surface area contributed by atoms with Crippen LogP contribution < -0.4 is 5.32 Å². The molecule has 2 N–H and O–H groups in total. The van der Waals surface area contributed by atoms with Gasteiger partial charge >= 0.3 is 0 Å². The molecule has 1 fully saturated rings. The summed E-state index contributed by atoms with van der Waals surface area (Å²) in [6.45, 7) is 2.01. The monoisotopic (exact) mass is 230 g/mol. The number of hydrogen-bond acceptors (Lipinski definition) is 3. The second-order valence-corrected chi connectivity index (χ2v) is 4.76. The van der Waals surface area contributed by atoms with E-state index in [1.165, 1.54) is 0 Å². The molecule has 3 nitrogen and oxygen atoms in total. The summed E-state index contributed by atoms with van der Waals surface area (Å²) in [5, 5.41) is 22.0. The first-order chi connectivity index (χ1) is 8.20. The van der Waals surface area contributed by atoms with Crippen LogP contribution in [0.25, 0.3) is 0 Å². The molecule has 2 rings (SSSR count). The van der Waals surface area contributed by atoms with Crippen LogP contribution in [-0.2, 0) is 0 Å². The van der Waals surface area contributed by atoms with Crippen LogP contribution in [0.2, 0.25) is 0 Å². The van der Waals surface area contributed by atoms with Crippen LogP contribution >= 0.6 is 0 Å². The highest BCUT2D eigenvalue weighted by Crippen LogP contribution is 2.26. The smallest absolute Gasteiger partial charge is 0.101 e. The third kappa shape index (κ3) is 2.78. The Kier molecular flexibility index (Phi) is 3.65. The maximum atomic E-state index is 9.47. The molecule has 1 aliphatic rings. The Hall–Kier alpha value is -1.53. The first-order valence-electron chi connectivity index (χ1n) is 6.15. The van der Waals surface area contributed by atoms with E-state index in [1.807, 2.05) is 25.1 Å². The standard InChI is InChI=1S/C14H18N2O/c1-10-3-2-4-11(9-15)14(10)16-12-5-7-13(17)8-6-12/h2-4,12-13,16-17H,5-8H2,1H3. The number of aliphatic hydroxyl groups is 1. The third-order valence-corrected chi connectivity index (χ3v) is 3.44. The van der Waals surface area contributed by atoms with E-state index < -0.39 is 0 Å². The summed E-state index contributed by atoms with van der Waals surface area (Å²) in [6.07, 6.45) is 3.51. The zero-order valence-electron chi connectivity index (χ0n) is 10.1. The summed E-state index contributed by atoms with van der Waals surface area (Å²) in [4.78, 5) is 0. The van der Waals surface area contributed by atoms with Gasteiger partial charge in [-0.2, -0.15) is 5.26 Å². The van der Waals surface area contributed by atoms with Crippen LogP contribution in [0.4, 0.5) is 5.69 Å². The maximum Gasteiger partial charge on any atom is 0.101 e. The van der Waals surface area contributed by atoms with Gasteiger partial charge < -0.3 is 10.4 Å². The SMILES string of the molecule is Cc1cccc(C#N)c1NC1CCC(O)CC1. The van der Waals surface area contributed by atoms with E-state index in [-0.39, 0.29) is 6.10 Å². The Morgan fingerprint density at radius 2 is 2.00 bits per heavy atom. The molecule has 1 saturated carbocycles. The van der Waals surface area contributed by atoms with Crippen LogP contribution in [0.1, 0.15) is 36.8 Å². The Morgan fingerprint density at radius 1 is 1.29 bits per heavy atom. The zero-order valence-corrected chi connectivity index (χ0v) is 10.1. The van der Waals surface area contributed by atoms with Gasteiger partial charge in [-0.05, 0) is 44.2 Å². The average molecular weight is 230 g/mol. The van der Waals surface area contributed by atoms with Crippen LogP contribution in [0, 0.1) is 18.3 Å². The van der Waals surface area contributed by atoms with Crippen molar-refractivity contribution in [2.24, 2.45) is 0 Å². The molecule has 90 valence electrons. The molecule has 3 heteroatoms. The summed E-state index contributed by atoms with van der Waals surface area (Å²) >= 11 is 0. The number of aryl methyl sites for hydroxylation is 1. The summed E-state index contributed by atoms with van der Waals surface area (Å²) in [7, 11) is 0. The number of nitrogens with zero attached hydrogens (tertiary/aromatic N) is 1. The minimum absolute atomic E-state index is 0.139. The Labute approximate surface area is 102 Å². The number of para-hydroxylation sites is 1. The van der Waals surface area contributed by atoms with Gasteiger partial charge in [0.05, 0.1) is 17.4 Å². The highest BCUT2D eigenvalue weighted by molar-refractivity contribution is 5.62. The quantitative estimate of drug-likeness (QED) is 0.821. The number of anilines is 1. The fraction of sp³-hybridized carbons (Fsp3) is 0.500. The molecular weight excluding hydrogens is 212 g/mol. The Bertz CT molecular complexity index is 428. The third-order valence-electron chi connectivity index (χ3n) is 3.44. The molecule has 0 atom stereocenters. The van der Waals surface area contributed by atoms with E-state index in [1.54, 1.807) is 0 Å². The molecule has 0 bridgehead atoms. The van der Waals surface area contributed by atoms with Crippen molar-refractivity contribution in [3.8, 4) is 6.07 Å². The van der Waals surface area contributed by atoms with Gasteiger partial charge in [0.25, 0.3) is 0 Å². The van der Waals surface area contributed by atoms with Gasteiger partial charge in [-0.1, -0.05) is 12.1 Å². The van der Waals surface area contributed by atoms with Crippen molar-refractivity contribution in [1.82, 2.24) is 0 Å². The normalized spacial score (nSPS) is 24.1. The predicted octanol–water partition coefficient (Wildman–Crippen LogP) is 2.58. The van der Waals surface area contributed by atoms with Crippen molar-refractivity contribution >= 4 is 5.69 Å². The van der Waals surface area contributed by atoms with E-state index in [0.717, 1.165) is 36.9 Å². The van der Waals surface area contributed by atoms with Gasteiger partial charge in [-0.3, -0.25) is 0 Å². The Morgan fingerprint density at radius 3 is 2.65 bits per heavy atom. The predicted molar refractivity (Wildman–Crippen MR) is 67.8 cm³/mol. The number of aliphatic hydroxyl groups excluding tert-OH is 1. The molecule has 0 heterocycles. The van der Waals surface area contributed by atoms with Crippen LogP contribution in [0.15, 0.2) is 18.2 Å². The molecule has 0 unspecified atom stereocenters. The number of hydrogen-bond donors (Lipinski definition) is 2. The van der Waals surface area contributed by atoms with E-state index >= 15 is 0 Å². The number of nitriles is 1. The molecule has 0 aliphatic heterocycles. The van der Waals surface area contributed by atoms with Crippen LogP contribution in [0.5, 0.6) is 0 Å². The van der Waals surface area contributed by atoms with Crippen LogP contribution in [0.3, 0.4) is 0 Å². The molecule has 17 heavy (non-hydrogen) atoms. The molecule has 0 radical (unpaired) electrons. The van der Waals surface area contributed by atoms with E-state index in [2.05, 4.69) is 11.4 Å². The maximum absolute atomic E-state index is 9.47. The van der Waals surface area contributed by atoms with E-state index in [9.17, 15) is 5.11 Å². The second-order valence-electron chi connectivity index (χ2n) is 4.76. The number of rotatable bonds is 2. The number of nitrogens with one attached hydrogen (secondary N) is 1. The highest BCUT2D eigenvalue weighted by Gasteiger charge is 2.20. The lowest BCUT2D eigenvalue weighted by atomic mass is 9.92. The summed E-state index contributed by atoms with van der Waals surface area (Å²) in [6, 6.07) is 8.37. The topological polar surface area (TPSA) is 56.0 Å². The van der Waals surface area contributed by atoms with E-state index in [4.69, 9.17) is 5.26 Å². The van der Waals surface area contributed by atoms with Crippen molar-refractivity contribution in [1.29, 1.82) is 5.26 Å². The minimum Gasteiger partial charge on any atom is -0.393 e. The minimum atomic E-state index is -0.139. The first kappa shape index (κ1) is 11.9. The van der Waals surface area contributed by atoms with Crippen molar-refractivity contribution in [3.63, 3.8) is 0 Å². The van der Waals surface area contributed by atoms with Gasteiger partial charge in [0, 0.05) is 6.04 Å².